The molecule has 2 N–H and O–H groups in total. The molecule has 0 radical (unpaired) electrons. The number of nitrogens with zero attached hydrogens (tertiary/aromatic N) is 1. The second kappa shape index (κ2) is 11.1. The predicted octanol–water partition coefficient (Wildman–Crippen LogP) is 3.69. The summed E-state index contributed by atoms with van der Waals surface area (Å²) in [5.74, 6) is 1.05. The molecule has 0 fully saturated rings. The normalized spacial score (nSPS) is 14.4. The van der Waals surface area contributed by atoms with Gasteiger partial charge in [-0.15, -0.1) is 24.0 Å². The lowest BCUT2D eigenvalue weighted by atomic mass is 10.2. The van der Waals surface area contributed by atoms with Crippen LogP contribution in [-0.4, -0.2) is 32.3 Å². The maximum atomic E-state index is 12.4. The molecule has 5 nitrogen and oxygen atoms in total. The van der Waals surface area contributed by atoms with E-state index in [2.05, 4.69) is 32.5 Å². The van der Waals surface area contributed by atoms with Gasteiger partial charge in [-0.05, 0) is 37.5 Å². The third kappa shape index (κ3) is 7.05. The van der Waals surface area contributed by atoms with Crippen molar-refractivity contribution in [1.82, 2.24) is 10.6 Å². The van der Waals surface area contributed by atoms with Crippen LogP contribution in [0.15, 0.2) is 35.3 Å². The maximum Gasteiger partial charge on any atom is 0.387 e. The van der Waals surface area contributed by atoms with Crippen molar-refractivity contribution in [1.29, 1.82) is 0 Å². The monoisotopic (exact) mass is 467 g/mol. The molecular weight excluding hydrogens is 443 g/mol. The first-order valence-corrected chi connectivity index (χ1v) is 7.95. The average Bonchev–Trinajstić information content (AvgIpc) is 3.06. The Morgan fingerprint density at radius 2 is 2.00 bits per heavy atom. The van der Waals surface area contributed by atoms with Crippen molar-refractivity contribution in [3.05, 3.63) is 35.9 Å². The number of hydrogen-bond acceptors (Lipinski definition) is 3. The molecule has 0 bridgehead atoms. The van der Waals surface area contributed by atoms with Gasteiger partial charge in [0.15, 0.2) is 17.5 Å². The van der Waals surface area contributed by atoms with Gasteiger partial charge in [0.25, 0.3) is 0 Å². The summed E-state index contributed by atoms with van der Waals surface area (Å²) in [6.07, 6.45) is 6.24. The lowest BCUT2D eigenvalue weighted by Crippen LogP contribution is -2.42. The molecule has 0 saturated carbocycles. The van der Waals surface area contributed by atoms with Gasteiger partial charge in [-0.2, -0.15) is 8.78 Å². The summed E-state index contributed by atoms with van der Waals surface area (Å²) in [4.78, 5) is 4.19. The van der Waals surface area contributed by atoms with Gasteiger partial charge in [0.2, 0.25) is 0 Å². The predicted molar refractivity (Wildman–Crippen MR) is 105 cm³/mol. The highest BCUT2D eigenvalue weighted by Crippen LogP contribution is 2.29. The lowest BCUT2D eigenvalue weighted by Gasteiger charge is -2.17. The van der Waals surface area contributed by atoms with Crippen LogP contribution >= 0.6 is 24.0 Å². The fourth-order valence-electron chi connectivity index (χ4n) is 2.43. The smallest absolute Gasteiger partial charge is 0.387 e. The number of ether oxygens (including phenoxy) is 2. The highest BCUT2D eigenvalue weighted by Gasteiger charge is 2.13. The second-order valence-electron chi connectivity index (χ2n) is 5.30. The molecule has 0 heterocycles. The molecule has 0 saturated heterocycles. The van der Waals surface area contributed by atoms with Crippen LogP contribution < -0.4 is 20.1 Å². The molecule has 0 aromatic heterocycles. The number of aliphatic imine (C=N–C) groups is 1. The fraction of sp³-hybridized carbons (Fsp3) is 0.471. The first-order chi connectivity index (χ1) is 11.6. The summed E-state index contributed by atoms with van der Waals surface area (Å²) in [5, 5.41) is 6.54. The van der Waals surface area contributed by atoms with Crippen LogP contribution in [0.2, 0.25) is 0 Å². The summed E-state index contributed by atoms with van der Waals surface area (Å²) in [6, 6.07) is 5.26. The van der Waals surface area contributed by atoms with E-state index in [0.717, 1.165) is 18.4 Å². The third-order valence-corrected chi connectivity index (χ3v) is 3.56. The molecule has 8 heteroatoms. The maximum absolute atomic E-state index is 12.4. The van der Waals surface area contributed by atoms with Gasteiger partial charge < -0.3 is 20.1 Å². The average molecular weight is 467 g/mol. The quantitative estimate of drug-likeness (QED) is 0.278. The van der Waals surface area contributed by atoms with E-state index in [1.807, 2.05) is 0 Å². The van der Waals surface area contributed by atoms with Crippen LogP contribution in [0.1, 0.15) is 25.3 Å². The Hall–Kier alpha value is -1.58. The Morgan fingerprint density at radius 3 is 2.60 bits per heavy atom. The molecule has 0 atom stereocenters. The van der Waals surface area contributed by atoms with E-state index in [-0.39, 0.29) is 29.7 Å². The second-order valence-corrected chi connectivity index (χ2v) is 5.30. The van der Waals surface area contributed by atoms with Crippen molar-refractivity contribution < 1.29 is 18.3 Å². The summed E-state index contributed by atoms with van der Waals surface area (Å²) in [7, 11) is 1.71. The SMILES string of the molecule is CCOc1cc(CNC(=NC)NC2CC=CC2)ccc1OC(F)F.I. The molecule has 25 heavy (non-hydrogen) atoms. The topological polar surface area (TPSA) is 54.9 Å². The molecule has 0 unspecified atom stereocenters. The van der Waals surface area contributed by atoms with Crippen molar-refractivity contribution in [2.24, 2.45) is 4.99 Å². The third-order valence-electron chi connectivity index (χ3n) is 3.56. The van der Waals surface area contributed by atoms with Crippen molar-refractivity contribution in [3.63, 3.8) is 0 Å². The highest BCUT2D eigenvalue weighted by molar-refractivity contribution is 14.0. The van der Waals surface area contributed by atoms with Gasteiger partial charge >= 0.3 is 6.61 Å². The van der Waals surface area contributed by atoms with Crippen molar-refractivity contribution in [3.8, 4) is 11.5 Å². The van der Waals surface area contributed by atoms with Gasteiger partial charge in [-0.3, -0.25) is 4.99 Å². The number of hydrogen-bond donors (Lipinski definition) is 2. The molecule has 2 rings (SSSR count). The minimum atomic E-state index is -2.88. The van der Waals surface area contributed by atoms with Crippen molar-refractivity contribution >= 4 is 29.9 Å². The fourth-order valence-corrected chi connectivity index (χ4v) is 2.43. The van der Waals surface area contributed by atoms with Gasteiger partial charge in [-0.1, -0.05) is 18.2 Å². The van der Waals surface area contributed by atoms with Crippen LogP contribution in [-0.2, 0) is 6.54 Å². The summed E-state index contributed by atoms with van der Waals surface area (Å²) in [6.45, 7) is -0.224. The number of benzene rings is 1. The first-order valence-electron chi connectivity index (χ1n) is 7.95. The molecule has 0 amide bonds. The van der Waals surface area contributed by atoms with Gasteiger partial charge in [0.1, 0.15) is 0 Å². The zero-order chi connectivity index (χ0) is 17.4. The Bertz CT molecular complexity index is 589. The molecule has 1 aromatic carbocycles. The van der Waals surface area contributed by atoms with E-state index in [4.69, 9.17) is 4.74 Å². The van der Waals surface area contributed by atoms with E-state index in [1.54, 1.807) is 26.1 Å². The molecule has 1 aromatic rings. The number of alkyl halides is 2. The van der Waals surface area contributed by atoms with Gasteiger partial charge in [0.05, 0.1) is 6.61 Å². The van der Waals surface area contributed by atoms with Gasteiger partial charge in [0, 0.05) is 19.6 Å². The zero-order valence-corrected chi connectivity index (χ0v) is 16.6. The molecule has 140 valence electrons. The summed E-state index contributed by atoms with van der Waals surface area (Å²) < 4.78 is 34.7. The number of guanidine groups is 1. The lowest BCUT2D eigenvalue weighted by molar-refractivity contribution is -0.0514. The summed E-state index contributed by atoms with van der Waals surface area (Å²) in [5.41, 5.74) is 0.882. The minimum absolute atomic E-state index is 0. The zero-order valence-electron chi connectivity index (χ0n) is 14.3. The van der Waals surface area contributed by atoms with E-state index in [0.29, 0.717) is 30.9 Å². The molecule has 0 aliphatic heterocycles. The minimum Gasteiger partial charge on any atom is -0.490 e. The number of halogens is 3. The van der Waals surface area contributed by atoms with E-state index in [9.17, 15) is 8.78 Å². The van der Waals surface area contributed by atoms with Crippen LogP contribution in [0.3, 0.4) is 0 Å². The first kappa shape index (κ1) is 21.5. The molecule has 1 aliphatic carbocycles. The molecule has 1 aliphatic rings. The Balaban J connectivity index is 0.00000312. The van der Waals surface area contributed by atoms with Crippen molar-refractivity contribution in [2.75, 3.05) is 13.7 Å². The largest absolute Gasteiger partial charge is 0.490 e. The van der Waals surface area contributed by atoms with Crippen molar-refractivity contribution in [2.45, 2.75) is 39.0 Å². The standard InChI is InChI=1S/C17H23F2N3O2.HI/c1-3-23-15-10-12(8-9-14(15)24-16(18)19)11-21-17(20-2)22-13-6-4-5-7-13;/h4-5,8-10,13,16H,3,6-7,11H2,1-2H3,(H2,20,21,22);1H. The molecular formula is C17H24F2IN3O2. The van der Waals surface area contributed by atoms with E-state index < -0.39 is 6.61 Å². The van der Waals surface area contributed by atoms with Crippen LogP contribution in [0, 0.1) is 0 Å². The highest BCUT2D eigenvalue weighted by atomic mass is 127. The number of nitrogens with one attached hydrogen (secondary N) is 2. The van der Waals surface area contributed by atoms with E-state index >= 15 is 0 Å². The Kier molecular flexibility index (Phi) is 9.54. The molecule has 0 spiro atoms. The van der Waals surface area contributed by atoms with Crippen LogP contribution in [0.25, 0.3) is 0 Å². The summed E-state index contributed by atoms with van der Waals surface area (Å²) >= 11 is 0. The van der Waals surface area contributed by atoms with Crippen LogP contribution in [0.4, 0.5) is 8.78 Å². The Morgan fingerprint density at radius 1 is 1.28 bits per heavy atom. The van der Waals surface area contributed by atoms with Crippen LogP contribution in [0.5, 0.6) is 11.5 Å². The van der Waals surface area contributed by atoms with Gasteiger partial charge in [-0.25, -0.2) is 0 Å². The van der Waals surface area contributed by atoms with E-state index in [1.165, 1.54) is 6.07 Å². The Labute approximate surface area is 163 Å². The number of rotatable bonds is 7.